The fourth-order valence-corrected chi connectivity index (χ4v) is 2.52. The van der Waals surface area contributed by atoms with Crippen molar-refractivity contribution in [2.45, 2.75) is 6.18 Å². The molecule has 0 bridgehead atoms. The molecule has 0 saturated carbocycles. The topological polar surface area (TPSA) is 113 Å². The van der Waals surface area contributed by atoms with E-state index in [0.717, 1.165) is 22.3 Å². The van der Waals surface area contributed by atoms with E-state index >= 15 is 0 Å². The number of anilines is 3. The van der Waals surface area contributed by atoms with E-state index in [9.17, 15) is 13.2 Å². The molecule has 4 aromatic rings. The van der Waals surface area contributed by atoms with Gasteiger partial charge < -0.3 is 25.9 Å². The minimum atomic E-state index is -5.08. The van der Waals surface area contributed by atoms with Crippen molar-refractivity contribution < 1.29 is 27.8 Å². The number of alkyl halides is 3. The van der Waals surface area contributed by atoms with Crippen LogP contribution in [-0.4, -0.2) is 27.2 Å². The van der Waals surface area contributed by atoms with Gasteiger partial charge in [-0.25, -0.2) is 4.79 Å². The van der Waals surface area contributed by atoms with Crippen LogP contribution in [0.2, 0.25) is 0 Å². The zero-order chi connectivity index (χ0) is 22.4. The lowest BCUT2D eigenvalue weighted by molar-refractivity contribution is -0.192. The van der Waals surface area contributed by atoms with E-state index < -0.39 is 12.1 Å². The van der Waals surface area contributed by atoms with Gasteiger partial charge in [0, 0.05) is 34.5 Å². The summed E-state index contributed by atoms with van der Waals surface area (Å²) in [6.07, 6.45) is -3.18. The average Bonchev–Trinajstić information content (AvgIpc) is 3.16. The number of carboxylic acids is 1. The number of rotatable bonds is 4. The van der Waals surface area contributed by atoms with E-state index in [2.05, 4.69) is 15.3 Å². The molecule has 2 aromatic carbocycles. The summed E-state index contributed by atoms with van der Waals surface area (Å²) >= 11 is 0. The van der Waals surface area contributed by atoms with E-state index in [1.54, 1.807) is 0 Å². The van der Waals surface area contributed by atoms with Gasteiger partial charge in [0.25, 0.3) is 0 Å². The molecule has 5 N–H and O–H groups in total. The zero-order valence-electron chi connectivity index (χ0n) is 15.9. The standard InChI is InChI=1S/C19H16N4O.C2HF3O2/c20-14-3-1-4-15(12-14)22-18-5-2-6-19(23-18)24-16-7-8-17-13(11-16)9-10-21-17;3-2(4,5)1(6)7/h1-12,21H,20H2,(H,22,23);(H,6,7). The summed E-state index contributed by atoms with van der Waals surface area (Å²) in [4.78, 5) is 16.5. The van der Waals surface area contributed by atoms with Crippen LogP contribution in [0.25, 0.3) is 10.9 Å². The molecule has 0 spiro atoms. The van der Waals surface area contributed by atoms with Crippen molar-refractivity contribution in [2.24, 2.45) is 0 Å². The first-order chi connectivity index (χ1) is 14.7. The number of nitrogens with two attached hydrogens (primary N) is 1. The smallest absolute Gasteiger partial charge is 0.475 e. The highest BCUT2D eigenvalue weighted by Gasteiger charge is 2.38. The molecule has 0 aliphatic carbocycles. The minimum absolute atomic E-state index is 0.527. The van der Waals surface area contributed by atoms with Crippen LogP contribution in [0.3, 0.4) is 0 Å². The lowest BCUT2D eigenvalue weighted by atomic mass is 10.2. The van der Waals surface area contributed by atoms with Gasteiger partial charge in [-0.3, -0.25) is 0 Å². The van der Waals surface area contributed by atoms with E-state index in [1.807, 2.05) is 72.9 Å². The number of ether oxygens (including phenoxy) is 1. The number of carbonyl (C=O) groups is 1. The van der Waals surface area contributed by atoms with Crippen molar-refractivity contribution in [1.82, 2.24) is 9.97 Å². The number of aromatic nitrogens is 2. The number of aliphatic carboxylic acids is 1. The van der Waals surface area contributed by atoms with Gasteiger partial charge >= 0.3 is 12.1 Å². The number of pyridine rings is 1. The van der Waals surface area contributed by atoms with Crippen LogP contribution < -0.4 is 15.8 Å². The molecular weight excluding hydrogens is 413 g/mol. The molecular formula is C21H17F3N4O3. The molecule has 0 saturated heterocycles. The largest absolute Gasteiger partial charge is 0.490 e. The third kappa shape index (κ3) is 6.13. The number of nitrogen functional groups attached to an aromatic ring is 1. The lowest BCUT2D eigenvalue weighted by Crippen LogP contribution is -2.21. The van der Waals surface area contributed by atoms with Crippen LogP contribution >= 0.6 is 0 Å². The predicted molar refractivity (Wildman–Crippen MR) is 110 cm³/mol. The fourth-order valence-electron chi connectivity index (χ4n) is 2.52. The van der Waals surface area contributed by atoms with Gasteiger partial charge in [0.05, 0.1) is 0 Å². The quantitative estimate of drug-likeness (QED) is 0.326. The Morgan fingerprint density at radius 1 is 1.06 bits per heavy atom. The third-order valence-electron chi connectivity index (χ3n) is 3.87. The monoisotopic (exact) mass is 430 g/mol. The van der Waals surface area contributed by atoms with Crippen molar-refractivity contribution >= 4 is 34.1 Å². The first-order valence-corrected chi connectivity index (χ1v) is 8.85. The van der Waals surface area contributed by atoms with Crippen LogP contribution in [0.1, 0.15) is 0 Å². The number of nitrogens with one attached hydrogen (secondary N) is 2. The number of aromatic amines is 1. The van der Waals surface area contributed by atoms with E-state index in [4.69, 9.17) is 20.4 Å². The van der Waals surface area contributed by atoms with E-state index in [-0.39, 0.29) is 0 Å². The summed E-state index contributed by atoms with van der Waals surface area (Å²) in [6.45, 7) is 0. The second-order valence-electron chi connectivity index (χ2n) is 6.24. The van der Waals surface area contributed by atoms with Crippen LogP contribution in [-0.2, 0) is 4.79 Å². The molecule has 0 amide bonds. The Morgan fingerprint density at radius 3 is 2.52 bits per heavy atom. The van der Waals surface area contributed by atoms with Crippen LogP contribution in [0.15, 0.2) is 72.9 Å². The summed E-state index contributed by atoms with van der Waals surface area (Å²) in [5.74, 6) is -0.789. The Morgan fingerprint density at radius 2 is 1.81 bits per heavy atom. The van der Waals surface area contributed by atoms with Crippen molar-refractivity contribution in [3.8, 4) is 11.6 Å². The molecule has 0 atom stereocenters. The van der Waals surface area contributed by atoms with Gasteiger partial charge in [-0.15, -0.1) is 0 Å². The lowest BCUT2D eigenvalue weighted by Gasteiger charge is -2.09. The SMILES string of the molecule is Nc1cccc(Nc2cccc(Oc3ccc4[nH]ccc4c3)n2)c1.O=C(O)C(F)(F)F. The Hall–Kier alpha value is -4.21. The number of H-pyrrole nitrogens is 1. The molecule has 4 rings (SSSR count). The Labute approximate surface area is 174 Å². The predicted octanol–water partition coefficient (Wildman–Crippen LogP) is 5.31. The van der Waals surface area contributed by atoms with E-state index in [1.165, 1.54) is 0 Å². The van der Waals surface area contributed by atoms with Crippen LogP contribution in [0.5, 0.6) is 11.6 Å². The second kappa shape index (κ2) is 9.08. The maximum absolute atomic E-state index is 10.6. The third-order valence-corrected chi connectivity index (χ3v) is 3.87. The van der Waals surface area contributed by atoms with Gasteiger partial charge in [-0.05, 0) is 48.5 Å². The highest BCUT2D eigenvalue weighted by molar-refractivity contribution is 5.80. The fraction of sp³-hybridized carbons (Fsp3) is 0.0476. The second-order valence-corrected chi connectivity index (χ2v) is 6.24. The molecule has 31 heavy (non-hydrogen) atoms. The highest BCUT2D eigenvalue weighted by atomic mass is 19.4. The number of hydrogen-bond donors (Lipinski definition) is 4. The van der Waals surface area contributed by atoms with Gasteiger partial charge in [0.15, 0.2) is 0 Å². The Balaban J connectivity index is 0.000000339. The molecule has 2 heterocycles. The molecule has 0 radical (unpaired) electrons. The van der Waals surface area contributed by atoms with Crippen molar-refractivity contribution in [3.05, 3.63) is 72.9 Å². The summed E-state index contributed by atoms with van der Waals surface area (Å²) < 4.78 is 37.6. The Kier molecular flexibility index (Phi) is 6.29. The first kappa shape index (κ1) is 21.5. The Bertz CT molecular complexity index is 1190. The number of hydrogen-bond acceptors (Lipinski definition) is 5. The van der Waals surface area contributed by atoms with Crippen molar-refractivity contribution in [2.75, 3.05) is 11.1 Å². The molecule has 0 aliphatic rings. The van der Waals surface area contributed by atoms with Gasteiger partial charge in [0.2, 0.25) is 5.88 Å². The van der Waals surface area contributed by atoms with Gasteiger partial charge in [-0.1, -0.05) is 12.1 Å². The first-order valence-electron chi connectivity index (χ1n) is 8.85. The maximum Gasteiger partial charge on any atom is 0.490 e. The molecule has 2 aromatic heterocycles. The van der Waals surface area contributed by atoms with E-state index in [0.29, 0.717) is 17.4 Å². The molecule has 7 nitrogen and oxygen atoms in total. The van der Waals surface area contributed by atoms with Crippen molar-refractivity contribution in [1.29, 1.82) is 0 Å². The molecule has 0 unspecified atom stereocenters. The zero-order valence-corrected chi connectivity index (χ0v) is 15.9. The van der Waals surface area contributed by atoms with Crippen LogP contribution in [0.4, 0.5) is 30.4 Å². The highest BCUT2D eigenvalue weighted by Crippen LogP contribution is 2.26. The number of nitrogens with zero attached hydrogens (tertiary/aromatic N) is 1. The van der Waals surface area contributed by atoms with Gasteiger partial charge in [-0.2, -0.15) is 18.2 Å². The number of carboxylic acid groups (broad SMARTS) is 1. The molecule has 160 valence electrons. The average molecular weight is 430 g/mol. The number of halogens is 3. The maximum atomic E-state index is 10.6. The molecule has 0 aliphatic heterocycles. The normalized spacial score (nSPS) is 10.8. The summed E-state index contributed by atoms with van der Waals surface area (Å²) in [7, 11) is 0. The minimum Gasteiger partial charge on any atom is -0.475 e. The number of fused-ring (bicyclic) bond motifs is 1. The summed E-state index contributed by atoms with van der Waals surface area (Å²) in [6, 6.07) is 21.0. The summed E-state index contributed by atoms with van der Waals surface area (Å²) in [5, 5.41) is 11.4. The molecule has 0 fully saturated rings. The van der Waals surface area contributed by atoms with Crippen molar-refractivity contribution in [3.63, 3.8) is 0 Å². The summed E-state index contributed by atoms with van der Waals surface area (Å²) in [5.41, 5.74) is 8.45. The number of benzene rings is 2. The van der Waals surface area contributed by atoms with Crippen LogP contribution in [0, 0.1) is 0 Å². The van der Waals surface area contributed by atoms with Gasteiger partial charge in [0.1, 0.15) is 11.6 Å². The molecule has 10 heteroatoms.